The molecule has 0 aliphatic heterocycles. The number of alkyl halides is 2. The van der Waals surface area contributed by atoms with E-state index in [9.17, 15) is 0 Å². The fourth-order valence-electron chi connectivity index (χ4n) is 0.337. The van der Waals surface area contributed by atoms with Gasteiger partial charge in [-0.1, -0.05) is 0 Å². The Morgan fingerprint density at radius 3 is 1.44 bits per heavy atom. The fourth-order valence-corrected chi connectivity index (χ4v) is 1.06. The van der Waals surface area contributed by atoms with Crippen LogP contribution in [0, 0.1) is 0 Å². The monoisotopic (exact) mass is 172 g/mol. The molecule has 0 spiro atoms. The van der Waals surface area contributed by atoms with Crippen LogP contribution >= 0.6 is 23.2 Å². The third-order valence-corrected chi connectivity index (χ3v) is 1.97. The fraction of sp³-hybridized carbons (Fsp3) is 1.00. The van der Waals surface area contributed by atoms with Crippen molar-refractivity contribution in [3.05, 3.63) is 0 Å². The van der Waals surface area contributed by atoms with Crippen LogP contribution in [-0.2, 0) is 9.47 Å². The van der Waals surface area contributed by atoms with Crippen molar-refractivity contribution >= 4 is 23.2 Å². The maximum atomic E-state index is 5.49. The number of hydrogen-bond donors (Lipinski definition) is 0. The van der Waals surface area contributed by atoms with E-state index in [2.05, 4.69) is 0 Å². The molecule has 2 nitrogen and oxygen atoms in total. The van der Waals surface area contributed by atoms with Crippen molar-refractivity contribution in [1.29, 1.82) is 0 Å². The zero-order chi connectivity index (χ0) is 7.33. The number of hydrogen-bond acceptors (Lipinski definition) is 2. The third-order valence-electron chi connectivity index (χ3n) is 1.15. The molecule has 0 rings (SSSR count). The first-order valence-corrected chi connectivity index (χ1v) is 3.54. The minimum absolute atomic E-state index is 0.240. The minimum atomic E-state index is -0.802. The highest BCUT2D eigenvalue weighted by atomic mass is 35.5. The van der Waals surface area contributed by atoms with Crippen LogP contribution in [0.15, 0.2) is 0 Å². The molecule has 0 aromatic rings. The number of methoxy groups -OCH3 is 2. The summed E-state index contributed by atoms with van der Waals surface area (Å²) in [5.41, 5.74) is 0. The summed E-state index contributed by atoms with van der Waals surface area (Å²) in [6.07, 6.45) is 0. The molecule has 0 aromatic carbocycles. The molecule has 0 bridgehead atoms. The van der Waals surface area contributed by atoms with Gasteiger partial charge in [-0.2, -0.15) is 0 Å². The highest BCUT2D eigenvalue weighted by Crippen LogP contribution is 2.14. The van der Waals surface area contributed by atoms with E-state index in [0.717, 1.165) is 0 Å². The Bertz CT molecular complexity index is 55.8. The highest BCUT2D eigenvalue weighted by Gasteiger charge is 2.26. The van der Waals surface area contributed by atoms with Crippen molar-refractivity contribution in [2.24, 2.45) is 0 Å². The van der Waals surface area contributed by atoms with E-state index in [-0.39, 0.29) is 11.8 Å². The average molecular weight is 173 g/mol. The molecule has 0 saturated heterocycles. The Morgan fingerprint density at radius 2 is 1.44 bits per heavy atom. The van der Waals surface area contributed by atoms with Crippen LogP contribution in [0.2, 0.25) is 0 Å². The molecule has 4 heteroatoms. The van der Waals surface area contributed by atoms with E-state index in [1.165, 1.54) is 14.2 Å². The second kappa shape index (κ2) is 4.34. The molecule has 0 unspecified atom stereocenters. The second-order valence-electron chi connectivity index (χ2n) is 1.59. The Morgan fingerprint density at radius 1 is 1.11 bits per heavy atom. The Balaban J connectivity index is 3.82. The summed E-state index contributed by atoms with van der Waals surface area (Å²) in [5.74, 6) is -0.323. The lowest BCUT2D eigenvalue weighted by Gasteiger charge is -2.25. The molecule has 0 N–H and O–H groups in total. The predicted molar refractivity (Wildman–Crippen MR) is 38.2 cm³/mol. The van der Waals surface area contributed by atoms with Crippen molar-refractivity contribution in [1.82, 2.24) is 0 Å². The first-order valence-electron chi connectivity index (χ1n) is 2.47. The van der Waals surface area contributed by atoms with Crippen LogP contribution in [0.3, 0.4) is 0 Å². The second-order valence-corrected chi connectivity index (χ2v) is 2.12. The molecule has 9 heavy (non-hydrogen) atoms. The van der Waals surface area contributed by atoms with Crippen LogP contribution in [0.5, 0.6) is 0 Å². The lowest BCUT2D eigenvalue weighted by molar-refractivity contribution is -0.173. The van der Waals surface area contributed by atoms with Crippen LogP contribution in [-0.4, -0.2) is 31.8 Å². The van der Waals surface area contributed by atoms with E-state index < -0.39 is 5.79 Å². The summed E-state index contributed by atoms with van der Waals surface area (Å²) in [5, 5.41) is 0. The SMILES string of the molecule is COC(CCl)(CCl)OC. The van der Waals surface area contributed by atoms with Gasteiger partial charge in [0.25, 0.3) is 0 Å². The third kappa shape index (κ3) is 2.30. The topological polar surface area (TPSA) is 18.5 Å². The van der Waals surface area contributed by atoms with Gasteiger partial charge in [-0.15, -0.1) is 23.2 Å². The quantitative estimate of drug-likeness (QED) is 0.473. The summed E-state index contributed by atoms with van der Waals surface area (Å²) in [7, 11) is 3.02. The van der Waals surface area contributed by atoms with Gasteiger partial charge in [0.2, 0.25) is 0 Å². The largest absolute Gasteiger partial charge is 0.351 e. The molecule has 0 aliphatic rings. The average Bonchev–Trinajstić information content (AvgIpc) is 1.95. The Kier molecular flexibility index (Phi) is 4.58. The number of halogens is 2. The van der Waals surface area contributed by atoms with Crippen molar-refractivity contribution < 1.29 is 9.47 Å². The molecule has 0 saturated carbocycles. The van der Waals surface area contributed by atoms with Crippen LogP contribution < -0.4 is 0 Å². The minimum Gasteiger partial charge on any atom is -0.351 e. The molecule has 0 radical (unpaired) electrons. The van der Waals surface area contributed by atoms with Gasteiger partial charge < -0.3 is 9.47 Å². The van der Waals surface area contributed by atoms with Gasteiger partial charge in [-0.05, 0) is 0 Å². The zero-order valence-electron chi connectivity index (χ0n) is 5.49. The van der Waals surface area contributed by atoms with Gasteiger partial charge in [-0.3, -0.25) is 0 Å². The zero-order valence-corrected chi connectivity index (χ0v) is 7.00. The maximum Gasteiger partial charge on any atom is 0.194 e. The standard InChI is InChI=1S/C5H10Cl2O2/c1-8-5(3-6,4-7)9-2/h3-4H2,1-2H3. The van der Waals surface area contributed by atoms with Gasteiger partial charge in [-0.25, -0.2) is 0 Å². The molecule has 0 amide bonds. The summed E-state index contributed by atoms with van der Waals surface area (Å²) in [6.45, 7) is 0. The van der Waals surface area contributed by atoms with Gasteiger partial charge in [0.05, 0.1) is 11.8 Å². The molecule has 0 atom stereocenters. The molecular formula is C5H10Cl2O2. The predicted octanol–water partition coefficient (Wildman–Crippen LogP) is 1.45. The van der Waals surface area contributed by atoms with Crippen molar-refractivity contribution in [3.63, 3.8) is 0 Å². The first-order chi connectivity index (χ1) is 4.24. The van der Waals surface area contributed by atoms with E-state index in [1.54, 1.807) is 0 Å². The number of rotatable bonds is 4. The molecule has 56 valence electrons. The molecule has 0 aliphatic carbocycles. The van der Waals surface area contributed by atoms with Crippen molar-refractivity contribution in [3.8, 4) is 0 Å². The van der Waals surface area contributed by atoms with E-state index in [4.69, 9.17) is 32.7 Å². The van der Waals surface area contributed by atoms with Crippen LogP contribution in [0.4, 0.5) is 0 Å². The van der Waals surface area contributed by atoms with Crippen molar-refractivity contribution in [2.45, 2.75) is 5.79 Å². The highest BCUT2D eigenvalue weighted by molar-refractivity contribution is 6.21. The molecular weight excluding hydrogens is 163 g/mol. The molecule has 0 fully saturated rings. The lowest BCUT2D eigenvalue weighted by Crippen LogP contribution is -2.37. The van der Waals surface area contributed by atoms with Crippen LogP contribution in [0.25, 0.3) is 0 Å². The smallest absolute Gasteiger partial charge is 0.194 e. The summed E-state index contributed by atoms with van der Waals surface area (Å²) >= 11 is 11.0. The summed E-state index contributed by atoms with van der Waals surface area (Å²) in [4.78, 5) is 0. The summed E-state index contributed by atoms with van der Waals surface area (Å²) in [6, 6.07) is 0. The van der Waals surface area contributed by atoms with E-state index in [0.29, 0.717) is 0 Å². The normalized spacial score (nSPS) is 12.0. The lowest BCUT2D eigenvalue weighted by atomic mass is 10.4. The summed E-state index contributed by atoms with van der Waals surface area (Å²) < 4.78 is 9.80. The van der Waals surface area contributed by atoms with Crippen LogP contribution in [0.1, 0.15) is 0 Å². The first kappa shape index (κ1) is 9.50. The molecule has 0 heterocycles. The van der Waals surface area contributed by atoms with Gasteiger partial charge in [0, 0.05) is 14.2 Å². The van der Waals surface area contributed by atoms with E-state index in [1.807, 2.05) is 0 Å². The maximum absolute atomic E-state index is 5.49. The molecule has 0 aromatic heterocycles. The number of ether oxygens (including phenoxy) is 2. The Labute approximate surface area is 65.0 Å². The van der Waals surface area contributed by atoms with E-state index >= 15 is 0 Å². The van der Waals surface area contributed by atoms with Gasteiger partial charge >= 0.3 is 0 Å². The van der Waals surface area contributed by atoms with Gasteiger partial charge in [0.1, 0.15) is 0 Å². The Hall–Kier alpha value is 0.500. The van der Waals surface area contributed by atoms with Crippen molar-refractivity contribution in [2.75, 3.05) is 26.0 Å². The van der Waals surface area contributed by atoms with Gasteiger partial charge in [0.15, 0.2) is 5.79 Å².